The molecule has 1 aliphatic heterocycles. The van der Waals surface area contributed by atoms with E-state index in [4.69, 9.17) is 4.74 Å². The molecule has 2 heterocycles. The Labute approximate surface area is 138 Å². The van der Waals surface area contributed by atoms with Crippen LogP contribution < -0.4 is 4.74 Å². The number of rotatable bonds is 3. The van der Waals surface area contributed by atoms with Gasteiger partial charge in [-0.3, -0.25) is 9.69 Å². The summed E-state index contributed by atoms with van der Waals surface area (Å²) >= 11 is 1.60. The number of nitrogens with zero attached hydrogens (tertiary/aromatic N) is 1. The number of ether oxygens (including phenoxy) is 1. The molecule has 2 aromatic carbocycles. The molecule has 23 heavy (non-hydrogen) atoms. The van der Waals surface area contributed by atoms with E-state index in [1.807, 2.05) is 72.1 Å². The quantitative estimate of drug-likeness (QED) is 0.712. The van der Waals surface area contributed by atoms with Crippen molar-refractivity contribution in [1.29, 1.82) is 0 Å². The Morgan fingerprint density at radius 1 is 0.957 bits per heavy atom. The minimum atomic E-state index is -0.377. The molecule has 1 amide bonds. The Kier molecular flexibility index (Phi) is 3.60. The van der Waals surface area contributed by atoms with Gasteiger partial charge in [-0.2, -0.15) is 0 Å². The normalized spacial score (nSPS) is 16.8. The van der Waals surface area contributed by atoms with Crippen molar-refractivity contribution in [2.75, 3.05) is 0 Å². The van der Waals surface area contributed by atoms with E-state index in [-0.39, 0.29) is 12.1 Å². The van der Waals surface area contributed by atoms with Gasteiger partial charge < -0.3 is 4.74 Å². The Morgan fingerprint density at radius 2 is 1.74 bits per heavy atom. The number of carbonyl (C=O) groups is 1. The van der Waals surface area contributed by atoms with E-state index in [0.717, 1.165) is 10.4 Å². The summed E-state index contributed by atoms with van der Waals surface area (Å²) in [7, 11) is 0. The highest BCUT2D eigenvalue weighted by atomic mass is 32.1. The molecule has 0 bridgehead atoms. The van der Waals surface area contributed by atoms with E-state index in [2.05, 4.69) is 0 Å². The molecule has 1 atom stereocenters. The molecule has 3 aromatic rings. The molecule has 1 aliphatic rings. The van der Waals surface area contributed by atoms with Gasteiger partial charge in [0.25, 0.3) is 5.91 Å². The molecular weight excluding hydrogens is 306 g/mol. The highest BCUT2D eigenvalue weighted by molar-refractivity contribution is 7.10. The number of amides is 1. The first-order valence-electron chi connectivity index (χ1n) is 7.47. The number of hydrogen-bond acceptors (Lipinski definition) is 3. The topological polar surface area (TPSA) is 29.5 Å². The maximum absolute atomic E-state index is 13.0. The van der Waals surface area contributed by atoms with Crippen molar-refractivity contribution in [3.8, 4) is 5.75 Å². The van der Waals surface area contributed by atoms with E-state index in [0.29, 0.717) is 17.9 Å². The van der Waals surface area contributed by atoms with Gasteiger partial charge in [-0.05, 0) is 29.1 Å². The van der Waals surface area contributed by atoms with Crippen molar-refractivity contribution in [3.63, 3.8) is 0 Å². The van der Waals surface area contributed by atoms with Crippen LogP contribution >= 0.6 is 11.3 Å². The van der Waals surface area contributed by atoms with Crippen LogP contribution in [0.5, 0.6) is 5.75 Å². The number of para-hydroxylation sites is 1. The fourth-order valence-electron chi connectivity index (χ4n) is 2.77. The molecule has 4 heteroatoms. The Bertz CT molecular complexity index is 814. The van der Waals surface area contributed by atoms with Gasteiger partial charge in [0.05, 0.1) is 10.4 Å². The monoisotopic (exact) mass is 321 g/mol. The molecule has 0 radical (unpaired) electrons. The second kappa shape index (κ2) is 5.89. The van der Waals surface area contributed by atoms with Gasteiger partial charge in [0.15, 0.2) is 0 Å². The molecule has 1 aromatic heterocycles. The zero-order valence-electron chi connectivity index (χ0n) is 12.4. The first-order valence-corrected chi connectivity index (χ1v) is 8.35. The lowest BCUT2D eigenvalue weighted by Gasteiger charge is -2.36. The smallest absolute Gasteiger partial charge is 0.261 e. The summed E-state index contributed by atoms with van der Waals surface area (Å²) in [6.45, 7) is 0.524. The second-order valence-electron chi connectivity index (χ2n) is 5.40. The van der Waals surface area contributed by atoms with Gasteiger partial charge in [0, 0.05) is 6.54 Å². The van der Waals surface area contributed by atoms with Crippen molar-refractivity contribution in [2.24, 2.45) is 0 Å². The summed E-state index contributed by atoms with van der Waals surface area (Å²) in [6, 6.07) is 21.4. The van der Waals surface area contributed by atoms with Crippen LogP contribution in [0.15, 0.2) is 72.1 Å². The third-order valence-electron chi connectivity index (χ3n) is 3.88. The molecule has 0 fully saturated rings. The lowest BCUT2D eigenvalue weighted by Crippen LogP contribution is -2.40. The summed E-state index contributed by atoms with van der Waals surface area (Å²) in [4.78, 5) is 15.8. The van der Waals surface area contributed by atoms with Gasteiger partial charge in [0.1, 0.15) is 5.75 Å². The van der Waals surface area contributed by atoms with Crippen LogP contribution in [-0.4, -0.2) is 10.8 Å². The summed E-state index contributed by atoms with van der Waals surface area (Å²) < 4.78 is 6.15. The van der Waals surface area contributed by atoms with Gasteiger partial charge in [-0.15, -0.1) is 11.3 Å². The zero-order valence-corrected chi connectivity index (χ0v) is 13.2. The maximum Gasteiger partial charge on any atom is 0.261 e. The molecule has 3 nitrogen and oxygen atoms in total. The predicted molar refractivity (Wildman–Crippen MR) is 90.4 cm³/mol. The highest BCUT2D eigenvalue weighted by Gasteiger charge is 2.35. The van der Waals surface area contributed by atoms with E-state index >= 15 is 0 Å². The van der Waals surface area contributed by atoms with Crippen LogP contribution in [0, 0.1) is 0 Å². The molecule has 1 unspecified atom stereocenters. The average Bonchev–Trinajstić information content (AvgIpc) is 3.13. The number of carbonyl (C=O) groups excluding carboxylic acids is 1. The highest BCUT2D eigenvalue weighted by Crippen LogP contribution is 2.37. The Balaban J connectivity index is 1.75. The SMILES string of the molecule is O=C1c2ccccc2OC(c2cccs2)N1Cc1ccccc1. The molecule has 0 aliphatic carbocycles. The standard InChI is InChI=1S/C19H15NO2S/c21-18-15-9-4-5-10-16(15)22-19(17-11-6-12-23-17)20(18)13-14-7-2-1-3-8-14/h1-12,19H,13H2. The number of fused-ring (bicyclic) bond motifs is 1. The molecule has 114 valence electrons. The summed E-state index contributed by atoms with van der Waals surface area (Å²) in [6.07, 6.45) is -0.377. The number of benzene rings is 2. The van der Waals surface area contributed by atoms with Gasteiger partial charge in [-0.25, -0.2) is 0 Å². The minimum absolute atomic E-state index is 0.00843. The maximum atomic E-state index is 13.0. The van der Waals surface area contributed by atoms with Crippen LogP contribution in [0.3, 0.4) is 0 Å². The third-order valence-corrected chi connectivity index (χ3v) is 4.79. The van der Waals surface area contributed by atoms with Crippen LogP contribution in [-0.2, 0) is 6.54 Å². The lowest BCUT2D eigenvalue weighted by molar-refractivity contribution is 0.00640. The van der Waals surface area contributed by atoms with E-state index in [1.54, 1.807) is 16.2 Å². The fourth-order valence-corrected chi connectivity index (χ4v) is 3.53. The van der Waals surface area contributed by atoms with Crippen molar-refractivity contribution < 1.29 is 9.53 Å². The fraction of sp³-hybridized carbons (Fsp3) is 0.105. The summed E-state index contributed by atoms with van der Waals surface area (Å²) in [5, 5.41) is 2.00. The molecule has 4 rings (SSSR count). The summed E-state index contributed by atoms with van der Waals surface area (Å²) in [5.41, 5.74) is 1.71. The molecule has 0 N–H and O–H groups in total. The first kappa shape index (κ1) is 14.0. The second-order valence-corrected chi connectivity index (χ2v) is 6.38. The predicted octanol–water partition coefficient (Wildman–Crippen LogP) is 4.48. The number of thiophene rings is 1. The first-order chi connectivity index (χ1) is 11.3. The lowest BCUT2D eigenvalue weighted by atomic mass is 10.1. The van der Waals surface area contributed by atoms with Crippen molar-refractivity contribution in [3.05, 3.63) is 88.1 Å². The zero-order chi connectivity index (χ0) is 15.6. The van der Waals surface area contributed by atoms with Crippen molar-refractivity contribution >= 4 is 17.2 Å². The van der Waals surface area contributed by atoms with Crippen molar-refractivity contribution in [1.82, 2.24) is 4.90 Å². The van der Waals surface area contributed by atoms with Gasteiger partial charge in [-0.1, -0.05) is 48.5 Å². The summed E-state index contributed by atoms with van der Waals surface area (Å²) in [5.74, 6) is 0.661. The molecule has 0 saturated heterocycles. The van der Waals surface area contributed by atoms with E-state index < -0.39 is 0 Å². The van der Waals surface area contributed by atoms with E-state index in [9.17, 15) is 4.79 Å². The Morgan fingerprint density at radius 3 is 2.52 bits per heavy atom. The Hall–Kier alpha value is -2.59. The average molecular weight is 321 g/mol. The molecular formula is C19H15NO2S. The van der Waals surface area contributed by atoms with Crippen LogP contribution in [0.25, 0.3) is 0 Å². The van der Waals surface area contributed by atoms with E-state index in [1.165, 1.54) is 0 Å². The van der Waals surface area contributed by atoms with Crippen molar-refractivity contribution in [2.45, 2.75) is 12.8 Å². The van der Waals surface area contributed by atoms with Gasteiger partial charge in [0.2, 0.25) is 6.23 Å². The minimum Gasteiger partial charge on any atom is -0.464 e. The van der Waals surface area contributed by atoms with Crippen LogP contribution in [0.1, 0.15) is 27.0 Å². The van der Waals surface area contributed by atoms with Gasteiger partial charge >= 0.3 is 0 Å². The third kappa shape index (κ3) is 2.62. The molecule has 0 spiro atoms. The number of hydrogen-bond donors (Lipinski definition) is 0. The molecule has 0 saturated carbocycles. The van der Waals surface area contributed by atoms with Crippen LogP contribution in [0.4, 0.5) is 0 Å². The van der Waals surface area contributed by atoms with Crippen LogP contribution in [0.2, 0.25) is 0 Å². The largest absolute Gasteiger partial charge is 0.464 e.